The van der Waals surface area contributed by atoms with Crippen molar-refractivity contribution in [2.45, 2.75) is 33.2 Å². The van der Waals surface area contributed by atoms with Crippen LogP contribution in [0.1, 0.15) is 31.6 Å². The molecule has 3 amide bonds. The number of amides is 3. The minimum Gasteiger partial charge on any atom is -0.458 e. The van der Waals surface area contributed by atoms with Crippen molar-refractivity contribution in [3.63, 3.8) is 0 Å². The molecule has 0 aliphatic carbocycles. The van der Waals surface area contributed by atoms with Gasteiger partial charge in [0.15, 0.2) is 10.9 Å². The maximum atomic E-state index is 12.7. The third-order valence-corrected chi connectivity index (χ3v) is 6.07. The molecule has 1 aliphatic heterocycles. The van der Waals surface area contributed by atoms with Gasteiger partial charge in [0.25, 0.3) is 0 Å². The fourth-order valence-corrected chi connectivity index (χ4v) is 4.22. The zero-order chi connectivity index (χ0) is 22.7. The molecule has 1 fully saturated rings. The fraction of sp³-hybridized carbons (Fsp3) is 0.304. The number of aromatic nitrogens is 1. The second kappa shape index (κ2) is 9.35. The Labute approximate surface area is 189 Å². The van der Waals surface area contributed by atoms with Gasteiger partial charge in [-0.05, 0) is 36.2 Å². The standard InChI is InChI=1S/C23H24N4O4S/c1-3-15-4-6-17(7-5-15)27-12-16(10-21(27)29)22(30)26-23-25-19(13-32-23)20-9-8-18(31-20)11-24-14(2)28/h4-9,13,16H,3,10-12H2,1-2H3,(H,24,28)(H,25,26,30). The Hall–Kier alpha value is -3.46. The summed E-state index contributed by atoms with van der Waals surface area (Å²) in [6, 6.07) is 11.4. The smallest absolute Gasteiger partial charge is 0.231 e. The van der Waals surface area contributed by atoms with E-state index in [0.29, 0.717) is 35.4 Å². The molecule has 1 aromatic carbocycles. The minimum absolute atomic E-state index is 0.0588. The summed E-state index contributed by atoms with van der Waals surface area (Å²) < 4.78 is 5.70. The summed E-state index contributed by atoms with van der Waals surface area (Å²) in [7, 11) is 0. The Kier molecular flexibility index (Phi) is 6.36. The molecule has 2 N–H and O–H groups in total. The lowest BCUT2D eigenvalue weighted by Gasteiger charge is -2.17. The zero-order valence-corrected chi connectivity index (χ0v) is 18.7. The maximum absolute atomic E-state index is 12.7. The van der Waals surface area contributed by atoms with Crippen LogP contribution in [0.3, 0.4) is 0 Å². The average molecular weight is 453 g/mol. The molecule has 0 saturated carbocycles. The molecule has 3 aromatic rings. The predicted octanol–water partition coefficient (Wildman–Crippen LogP) is 3.59. The lowest BCUT2D eigenvalue weighted by Crippen LogP contribution is -2.28. The van der Waals surface area contributed by atoms with Crippen molar-refractivity contribution in [3.05, 3.63) is 53.1 Å². The molecule has 8 nitrogen and oxygen atoms in total. The normalized spacial score (nSPS) is 15.8. The first-order chi connectivity index (χ1) is 15.4. The van der Waals surface area contributed by atoms with Gasteiger partial charge in [-0.15, -0.1) is 11.3 Å². The topological polar surface area (TPSA) is 105 Å². The number of nitrogens with one attached hydrogen (secondary N) is 2. The van der Waals surface area contributed by atoms with Gasteiger partial charge in [-0.3, -0.25) is 14.4 Å². The molecule has 0 bridgehead atoms. The first-order valence-electron chi connectivity index (χ1n) is 10.4. The molecule has 0 spiro atoms. The number of nitrogens with zero attached hydrogens (tertiary/aromatic N) is 2. The van der Waals surface area contributed by atoms with E-state index in [2.05, 4.69) is 22.5 Å². The summed E-state index contributed by atoms with van der Waals surface area (Å²) in [6.45, 7) is 4.17. The van der Waals surface area contributed by atoms with Crippen molar-refractivity contribution in [2.75, 3.05) is 16.8 Å². The van der Waals surface area contributed by atoms with E-state index in [1.165, 1.54) is 23.8 Å². The number of rotatable bonds is 7. The van der Waals surface area contributed by atoms with Crippen molar-refractivity contribution in [1.82, 2.24) is 10.3 Å². The van der Waals surface area contributed by atoms with Crippen LogP contribution in [0.15, 0.2) is 46.2 Å². The number of aryl methyl sites for hydroxylation is 1. The van der Waals surface area contributed by atoms with Gasteiger partial charge in [-0.1, -0.05) is 19.1 Å². The fourth-order valence-electron chi connectivity index (χ4n) is 3.52. The van der Waals surface area contributed by atoms with Crippen LogP contribution in [0.5, 0.6) is 0 Å². The molecule has 1 atom stereocenters. The first-order valence-corrected chi connectivity index (χ1v) is 11.3. The van der Waals surface area contributed by atoms with Crippen molar-refractivity contribution in [2.24, 2.45) is 5.92 Å². The molecular formula is C23H24N4O4S. The molecule has 1 aliphatic rings. The Morgan fingerprint density at radius 3 is 2.72 bits per heavy atom. The van der Waals surface area contributed by atoms with Gasteiger partial charge < -0.3 is 20.0 Å². The summed E-state index contributed by atoms with van der Waals surface area (Å²) in [6.07, 6.45) is 1.11. The van der Waals surface area contributed by atoms with E-state index in [4.69, 9.17) is 4.42 Å². The van der Waals surface area contributed by atoms with Gasteiger partial charge >= 0.3 is 0 Å². The molecule has 4 rings (SSSR count). The number of hydrogen-bond donors (Lipinski definition) is 2. The predicted molar refractivity (Wildman–Crippen MR) is 122 cm³/mol. The Balaban J connectivity index is 1.37. The number of thiazole rings is 1. The Bertz CT molecular complexity index is 1140. The summed E-state index contributed by atoms with van der Waals surface area (Å²) in [5.41, 5.74) is 2.61. The number of carbonyl (C=O) groups is 3. The van der Waals surface area contributed by atoms with Gasteiger partial charge in [0.05, 0.1) is 12.5 Å². The number of hydrogen-bond acceptors (Lipinski definition) is 6. The Morgan fingerprint density at radius 1 is 1.22 bits per heavy atom. The van der Waals surface area contributed by atoms with E-state index in [0.717, 1.165) is 12.1 Å². The van der Waals surface area contributed by atoms with E-state index in [1.54, 1.807) is 22.4 Å². The van der Waals surface area contributed by atoms with E-state index in [9.17, 15) is 14.4 Å². The molecule has 3 heterocycles. The summed E-state index contributed by atoms with van der Waals surface area (Å²) in [5, 5.41) is 7.73. The molecular weight excluding hydrogens is 428 g/mol. The van der Waals surface area contributed by atoms with Crippen molar-refractivity contribution in [3.8, 4) is 11.5 Å². The highest BCUT2D eigenvalue weighted by molar-refractivity contribution is 7.14. The summed E-state index contributed by atoms with van der Waals surface area (Å²) in [4.78, 5) is 42.3. The third-order valence-electron chi connectivity index (χ3n) is 5.31. The highest BCUT2D eigenvalue weighted by atomic mass is 32.1. The average Bonchev–Trinajstić information content (AvgIpc) is 3.52. The monoisotopic (exact) mass is 452 g/mol. The molecule has 2 aromatic heterocycles. The number of benzene rings is 1. The molecule has 32 heavy (non-hydrogen) atoms. The van der Waals surface area contributed by atoms with Crippen LogP contribution in [0.4, 0.5) is 10.8 Å². The van der Waals surface area contributed by atoms with Gasteiger partial charge in [0, 0.05) is 31.0 Å². The highest BCUT2D eigenvalue weighted by Crippen LogP contribution is 2.29. The van der Waals surface area contributed by atoms with Gasteiger partial charge in [0.2, 0.25) is 17.7 Å². The van der Waals surface area contributed by atoms with Crippen LogP contribution < -0.4 is 15.5 Å². The van der Waals surface area contributed by atoms with E-state index >= 15 is 0 Å². The van der Waals surface area contributed by atoms with Crippen LogP contribution in [0.25, 0.3) is 11.5 Å². The highest BCUT2D eigenvalue weighted by Gasteiger charge is 2.35. The van der Waals surface area contributed by atoms with Gasteiger partial charge in [0.1, 0.15) is 11.5 Å². The van der Waals surface area contributed by atoms with Crippen LogP contribution in [-0.4, -0.2) is 29.3 Å². The SMILES string of the molecule is CCc1ccc(N2CC(C(=O)Nc3nc(-c4ccc(CNC(C)=O)o4)cs3)CC2=O)cc1. The van der Waals surface area contributed by atoms with E-state index < -0.39 is 5.92 Å². The molecule has 166 valence electrons. The van der Waals surface area contributed by atoms with Crippen molar-refractivity contribution in [1.29, 1.82) is 0 Å². The number of anilines is 2. The molecule has 0 radical (unpaired) electrons. The quantitative estimate of drug-likeness (QED) is 0.570. The largest absolute Gasteiger partial charge is 0.458 e. The molecule has 9 heteroatoms. The first kappa shape index (κ1) is 21.8. The number of furan rings is 1. The zero-order valence-electron chi connectivity index (χ0n) is 17.9. The van der Waals surface area contributed by atoms with Crippen LogP contribution in [-0.2, 0) is 27.3 Å². The van der Waals surface area contributed by atoms with Crippen molar-refractivity contribution >= 4 is 39.9 Å². The van der Waals surface area contributed by atoms with Crippen LogP contribution >= 0.6 is 11.3 Å². The second-order valence-electron chi connectivity index (χ2n) is 7.63. The maximum Gasteiger partial charge on any atom is 0.231 e. The minimum atomic E-state index is -0.437. The van der Waals surface area contributed by atoms with E-state index in [1.807, 2.05) is 24.3 Å². The second-order valence-corrected chi connectivity index (χ2v) is 8.49. The van der Waals surface area contributed by atoms with E-state index in [-0.39, 0.29) is 24.1 Å². The Morgan fingerprint density at radius 2 is 2.00 bits per heavy atom. The van der Waals surface area contributed by atoms with Gasteiger partial charge in [-0.25, -0.2) is 4.98 Å². The lowest BCUT2D eigenvalue weighted by molar-refractivity contribution is -0.122. The summed E-state index contributed by atoms with van der Waals surface area (Å²) >= 11 is 1.29. The van der Waals surface area contributed by atoms with Crippen LogP contribution in [0.2, 0.25) is 0 Å². The summed E-state index contributed by atoms with van der Waals surface area (Å²) in [5.74, 6) is 0.316. The van der Waals surface area contributed by atoms with Crippen molar-refractivity contribution < 1.29 is 18.8 Å². The third kappa shape index (κ3) is 4.88. The molecule has 1 saturated heterocycles. The number of carbonyl (C=O) groups excluding carboxylic acids is 3. The van der Waals surface area contributed by atoms with Crippen LogP contribution in [0, 0.1) is 5.92 Å². The lowest BCUT2D eigenvalue weighted by atomic mass is 10.1. The molecule has 1 unspecified atom stereocenters. The van der Waals surface area contributed by atoms with Gasteiger partial charge in [-0.2, -0.15) is 0 Å².